The number of hydrogen-bond acceptors (Lipinski definition) is 5. The first-order valence-electron chi connectivity index (χ1n) is 10.9. The minimum atomic E-state index is -0.520. The van der Waals surface area contributed by atoms with Crippen LogP contribution < -0.4 is 20.1 Å². The van der Waals surface area contributed by atoms with Gasteiger partial charge < -0.3 is 20.1 Å². The van der Waals surface area contributed by atoms with Crippen molar-refractivity contribution in [3.63, 3.8) is 0 Å². The monoisotopic (exact) mass is 440 g/mol. The molecule has 1 aliphatic carbocycles. The van der Waals surface area contributed by atoms with Crippen LogP contribution >= 0.6 is 0 Å². The molecule has 1 fully saturated rings. The minimum Gasteiger partial charge on any atom is -0.497 e. The number of carbonyl (C=O) groups excluding carboxylic acids is 1. The summed E-state index contributed by atoms with van der Waals surface area (Å²) in [4.78, 5) is 13.0. The standard InChI is InChI=1S/C26H24N4O3/c1-14-4-9-23(33-3)22(10-14)27-24-17-7-5-15(11-21(17)29-30-24)19-13-26(19)18-12-16(32-2)6-8-20(18)28-25(26)31/h4-12,19H,13H2,1-3H3,(H,28,31)(H2,27,29,30)/t19-,26-/m0/s1. The molecule has 166 valence electrons. The summed E-state index contributed by atoms with van der Waals surface area (Å²) >= 11 is 0. The van der Waals surface area contributed by atoms with Crippen LogP contribution in [-0.4, -0.2) is 30.3 Å². The van der Waals surface area contributed by atoms with Gasteiger partial charge in [-0.2, -0.15) is 5.10 Å². The van der Waals surface area contributed by atoms with Crippen LogP contribution in [0.25, 0.3) is 10.9 Å². The van der Waals surface area contributed by atoms with Gasteiger partial charge in [0.1, 0.15) is 11.5 Å². The highest BCUT2D eigenvalue weighted by Crippen LogP contribution is 2.65. The van der Waals surface area contributed by atoms with Crippen LogP contribution in [0.3, 0.4) is 0 Å². The Morgan fingerprint density at radius 1 is 1.06 bits per heavy atom. The smallest absolute Gasteiger partial charge is 0.235 e. The van der Waals surface area contributed by atoms with Gasteiger partial charge in [0.05, 0.1) is 30.8 Å². The maximum atomic E-state index is 13.0. The number of hydrogen-bond donors (Lipinski definition) is 3. The molecule has 0 bridgehead atoms. The molecule has 1 saturated carbocycles. The van der Waals surface area contributed by atoms with E-state index in [4.69, 9.17) is 9.47 Å². The molecule has 3 aromatic carbocycles. The van der Waals surface area contributed by atoms with Crippen LogP contribution in [0.2, 0.25) is 0 Å². The summed E-state index contributed by atoms with van der Waals surface area (Å²) < 4.78 is 10.9. The number of aromatic nitrogens is 2. The van der Waals surface area contributed by atoms with Gasteiger partial charge >= 0.3 is 0 Å². The number of anilines is 3. The lowest BCUT2D eigenvalue weighted by Crippen LogP contribution is -2.21. The van der Waals surface area contributed by atoms with Crippen LogP contribution in [0, 0.1) is 6.92 Å². The Bertz CT molecular complexity index is 1430. The molecule has 3 N–H and O–H groups in total. The first-order valence-corrected chi connectivity index (χ1v) is 10.9. The number of benzene rings is 3. The first kappa shape index (κ1) is 19.7. The third-order valence-electron chi connectivity index (χ3n) is 6.92. The van der Waals surface area contributed by atoms with Gasteiger partial charge in [-0.15, -0.1) is 0 Å². The Hall–Kier alpha value is -4.00. The molecule has 4 aromatic rings. The van der Waals surface area contributed by atoms with Crippen LogP contribution in [0.4, 0.5) is 17.2 Å². The van der Waals surface area contributed by atoms with Crippen molar-refractivity contribution in [2.24, 2.45) is 0 Å². The largest absolute Gasteiger partial charge is 0.497 e. The van der Waals surface area contributed by atoms with E-state index in [2.05, 4.69) is 39.0 Å². The lowest BCUT2D eigenvalue weighted by Gasteiger charge is -2.11. The van der Waals surface area contributed by atoms with Gasteiger partial charge in [-0.25, -0.2) is 0 Å². The molecule has 2 aliphatic rings. The maximum Gasteiger partial charge on any atom is 0.235 e. The number of carbonyl (C=O) groups is 1. The zero-order valence-electron chi connectivity index (χ0n) is 18.7. The van der Waals surface area contributed by atoms with Crippen molar-refractivity contribution in [3.8, 4) is 11.5 Å². The van der Waals surface area contributed by atoms with E-state index in [9.17, 15) is 4.79 Å². The second-order valence-electron chi connectivity index (χ2n) is 8.80. The molecule has 7 nitrogen and oxygen atoms in total. The molecular weight excluding hydrogens is 416 g/mol. The Kier molecular flexibility index (Phi) is 4.17. The predicted octanol–water partition coefficient (Wildman–Crippen LogP) is 5.01. The Morgan fingerprint density at radius 2 is 1.94 bits per heavy atom. The molecule has 0 radical (unpaired) electrons. The van der Waals surface area contributed by atoms with E-state index in [1.807, 2.05) is 43.3 Å². The van der Waals surface area contributed by atoms with Gasteiger partial charge in [0.25, 0.3) is 0 Å². The number of fused-ring (bicyclic) bond motifs is 3. The number of amides is 1. The third kappa shape index (κ3) is 2.88. The predicted molar refractivity (Wildman–Crippen MR) is 128 cm³/mol. The number of aryl methyl sites for hydroxylation is 1. The fourth-order valence-electron chi connectivity index (χ4n) is 5.09. The third-order valence-corrected chi connectivity index (χ3v) is 6.92. The van der Waals surface area contributed by atoms with E-state index < -0.39 is 5.41 Å². The van der Waals surface area contributed by atoms with E-state index in [0.29, 0.717) is 0 Å². The van der Waals surface area contributed by atoms with E-state index in [1.165, 1.54) is 0 Å². The summed E-state index contributed by atoms with van der Waals surface area (Å²) in [6, 6.07) is 18.0. The SMILES string of the molecule is COc1ccc2c(c1)[C@]1(C[C@H]1c1ccc3c(Nc4cc(C)ccc4OC)n[nH]c3c1)C(=O)N2. The van der Waals surface area contributed by atoms with Crippen LogP contribution in [0.1, 0.15) is 29.0 Å². The number of rotatable bonds is 5. The second-order valence-corrected chi connectivity index (χ2v) is 8.80. The molecule has 1 aliphatic heterocycles. The van der Waals surface area contributed by atoms with Gasteiger partial charge in [0.15, 0.2) is 5.82 Å². The lowest BCUT2D eigenvalue weighted by atomic mass is 9.91. The number of H-pyrrole nitrogens is 1. The topological polar surface area (TPSA) is 88.3 Å². The van der Waals surface area contributed by atoms with E-state index in [-0.39, 0.29) is 11.8 Å². The summed E-state index contributed by atoms with van der Waals surface area (Å²) in [5.74, 6) is 2.44. The molecule has 33 heavy (non-hydrogen) atoms. The fourth-order valence-corrected chi connectivity index (χ4v) is 5.09. The first-order chi connectivity index (χ1) is 16.0. The van der Waals surface area contributed by atoms with Gasteiger partial charge in [0.2, 0.25) is 5.91 Å². The van der Waals surface area contributed by atoms with Crippen molar-refractivity contribution in [1.82, 2.24) is 10.2 Å². The summed E-state index contributed by atoms with van der Waals surface area (Å²) in [7, 11) is 3.30. The highest BCUT2D eigenvalue weighted by Gasteiger charge is 2.65. The number of aromatic amines is 1. The van der Waals surface area contributed by atoms with Crippen molar-refractivity contribution >= 4 is 34.0 Å². The average Bonchev–Trinajstić information content (AvgIpc) is 3.38. The van der Waals surface area contributed by atoms with Gasteiger partial charge in [-0.1, -0.05) is 12.1 Å². The van der Waals surface area contributed by atoms with E-state index >= 15 is 0 Å². The van der Waals surface area contributed by atoms with Crippen molar-refractivity contribution in [2.45, 2.75) is 24.7 Å². The molecule has 1 spiro atoms. The van der Waals surface area contributed by atoms with Crippen molar-refractivity contribution in [2.75, 3.05) is 24.9 Å². The molecule has 0 unspecified atom stereocenters. The molecule has 6 rings (SSSR count). The van der Waals surface area contributed by atoms with Crippen LogP contribution in [0.5, 0.6) is 11.5 Å². The van der Waals surface area contributed by atoms with E-state index in [1.54, 1.807) is 14.2 Å². The van der Waals surface area contributed by atoms with Crippen molar-refractivity contribution < 1.29 is 14.3 Å². The Labute approximate surface area is 191 Å². The Morgan fingerprint density at radius 3 is 2.76 bits per heavy atom. The summed E-state index contributed by atoms with van der Waals surface area (Å²) in [5.41, 5.74) is 5.42. The number of methoxy groups -OCH3 is 2. The van der Waals surface area contributed by atoms with Crippen molar-refractivity contribution in [1.29, 1.82) is 0 Å². The molecule has 7 heteroatoms. The number of nitrogens with zero attached hydrogens (tertiary/aromatic N) is 1. The van der Waals surface area contributed by atoms with Crippen LogP contribution in [0.15, 0.2) is 54.6 Å². The van der Waals surface area contributed by atoms with Crippen molar-refractivity contribution in [3.05, 3.63) is 71.3 Å². The molecule has 0 saturated heterocycles. The summed E-state index contributed by atoms with van der Waals surface area (Å²) in [6.45, 7) is 2.04. The summed E-state index contributed by atoms with van der Waals surface area (Å²) in [5, 5.41) is 15.0. The van der Waals surface area contributed by atoms with E-state index in [0.717, 1.165) is 62.7 Å². The van der Waals surface area contributed by atoms with Gasteiger partial charge in [0, 0.05) is 17.0 Å². The zero-order chi connectivity index (χ0) is 22.7. The molecule has 1 aromatic heterocycles. The normalized spacial score (nSPS) is 20.6. The zero-order valence-corrected chi connectivity index (χ0v) is 18.7. The maximum absolute atomic E-state index is 13.0. The Balaban J connectivity index is 1.33. The average molecular weight is 441 g/mol. The van der Waals surface area contributed by atoms with Gasteiger partial charge in [-0.3, -0.25) is 9.89 Å². The lowest BCUT2D eigenvalue weighted by molar-refractivity contribution is -0.118. The fraction of sp³-hybridized carbons (Fsp3) is 0.231. The molecule has 2 atom stereocenters. The molecular formula is C26H24N4O3. The second kappa shape index (κ2) is 7.00. The van der Waals surface area contributed by atoms with Crippen LogP contribution in [-0.2, 0) is 10.2 Å². The molecule has 2 heterocycles. The summed E-state index contributed by atoms with van der Waals surface area (Å²) in [6.07, 6.45) is 0.782. The molecule has 1 amide bonds. The number of nitrogens with one attached hydrogen (secondary N) is 3. The number of ether oxygens (including phenoxy) is 2. The highest BCUT2D eigenvalue weighted by molar-refractivity contribution is 6.10. The van der Waals surface area contributed by atoms with Gasteiger partial charge in [-0.05, 0) is 72.5 Å². The quantitative estimate of drug-likeness (QED) is 0.406. The highest BCUT2D eigenvalue weighted by atomic mass is 16.5. The minimum absolute atomic E-state index is 0.0642.